The number of benzene rings is 4. The SMILES string of the molecule is COC(=O)c1c2c3ccc(Cl)c(c3n1C)-c1c(nn(C)c1C)CSCc1cc(n(Cc3ccc(OC)cc3)n1)CSc1cc(c3ccccc3c1)OCCC2. The summed E-state index contributed by atoms with van der Waals surface area (Å²) >= 11 is 10.7. The van der Waals surface area contributed by atoms with Crippen LogP contribution in [0.2, 0.25) is 5.02 Å². The number of carbonyl (C=O) groups is 1. The zero-order chi connectivity index (χ0) is 38.2. The number of nitrogens with zero attached hydrogens (tertiary/aromatic N) is 5. The molecular formula is C43H42ClN5O4S2. The summed E-state index contributed by atoms with van der Waals surface area (Å²) in [4.78, 5) is 14.6. The van der Waals surface area contributed by atoms with Crippen LogP contribution in [-0.4, -0.2) is 50.9 Å². The third-order valence-corrected chi connectivity index (χ3v) is 12.7. The van der Waals surface area contributed by atoms with Crippen molar-refractivity contribution in [3.63, 3.8) is 0 Å². The molecule has 0 atom stereocenters. The van der Waals surface area contributed by atoms with E-state index in [0.717, 1.165) is 88.9 Å². The molecule has 8 rings (SSSR count). The molecule has 8 bridgehead atoms. The van der Waals surface area contributed by atoms with Crippen LogP contribution in [-0.2, 0) is 49.1 Å². The number of esters is 1. The van der Waals surface area contributed by atoms with Gasteiger partial charge in [-0.2, -0.15) is 10.2 Å². The summed E-state index contributed by atoms with van der Waals surface area (Å²) in [6.45, 7) is 3.18. The van der Waals surface area contributed by atoms with Crippen molar-refractivity contribution < 1.29 is 19.0 Å². The largest absolute Gasteiger partial charge is 0.497 e. The van der Waals surface area contributed by atoms with Crippen molar-refractivity contribution in [1.82, 2.24) is 24.1 Å². The molecule has 7 aromatic rings. The average molecular weight is 792 g/mol. The average Bonchev–Trinajstić information content (AvgIpc) is 3.81. The maximum atomic E-state index is 13.4. The Morgan fingerprint density at radius 3 is 2.55 bits per heavy atom. The van der Waals surface area contributed by atoms with E-state index in [1.54, 1.807) is 30.6 Å². The number of aromatic nitrogens is 5. The number of ether oxygens (including phenoxy) is 3. The molecular weight excluding hydrogens is 750 g/mol. The monoisotopic (exact) mass is 791 g/mol. The molecule has 0 radical (unpaired) electrons. The lowest BCUT2D eigenvalue weighted by Gasteiger charge is -2.13. The predicted octanol–water partition coefficient (Wildman–Crippen LogP) is 9.78. The predicted molar refractivity (Wildman–Crippen MR) is 223 cm³/mol. The van der Waals surface area contributed by atoms with Crippen LogP contribution in [0.25, 0.3) is 32.8 Å². The molecule has 0 unspecified atom stereocenters. The molecule has 1 aliphatic rings. The minimum absolute atomic E-state index is 0.383. The van der Waals surface area contributed by atoms with Gasteiger partial charge in [-0.25, -0.2) is 4.79 Å². The molecule has 0 aliphatic carbocycles. The Morgan fingerprint density at radius 2 is 1.75 bits per heavy atom. The quantitative estimate of drug-likeness (QED) is 0.163. The van der Waals surface area contributed by atoms with Gasteiger partial charge in [0.2, 0.25) is 0 Å². The van der Waals surface area contributed by atoms with Gasteiger partial charge in [0.1, 0.15) is 17.2 Å². The molecule has 55 heavy (non-hydrogen) atoms. The Kier molecular flexibility index (Phi) is 10.6. The van der Waals surface area contributed by atoms with Gasteiger partial charge >= 0.3 is 5.97 Å². The Bertz CT molecular complexity index is 2560. The van der Waals surface area contributed by atoms with E-state index in [0.29, 0.717) is 48.2 Å². The summed E-state index contributed by atoms with van der Waals surface area (Å²) in [6, 6.07) is 27.1. The summed E-state index contributed by atoms with van der Waals surface area (Å²) in [7, 11) is 6.99. The van der Waals surface area contributed by atoms with Crippen LogP contribution in [0.3, 0.4) is 0 Å². The first kappa shape index (κ1) is 37.1. The summed E-state index contributed by atoms with van der Waals surface area (Å²) < 4.78 is 23.3. The molecule has 12 heteroatoms. The molecule has 0 amide bonds. The van der Waals surface area contributed by atoms with E-state index in [4.69, 9.17) is 36.0 Å². The molecule has 9 nitrogen and oxygen atoms in total. The van der Waals surface area contributed by atoms with E-state index < -0.39 is 0 Å². The fraction of sp³-hybridized carbons (Fsp3) is 0.279. The normalized spacial score (nSPS) is 13.7. The van der Waals surface area contributed by atoms with E-state index in [-0.39, 0.29) is 5.97 Å². The van der Waals surface area contributed by atoms with Crippen molar-refractivity contribution >= 4 is 62.8 Å². The van der Waals surface area contributed by atoms with Gasteiger partial charge in [0.15, 0.2) is 0 Å². The highest BCUT2D eigenvalue weighted by Crippen LogP contribution is 2.43. The molecule has 3 aromatic heterocycles. The first-order valence-electron chi connectivity index (χ1n) is 18.2. The van der Waals surface area contributed by atoms with E-state index in [1.807, 2.05) is 53.7 Å². The second-order valence-corrected chi connectivity index (χ2v) is 16.2. The van der Waals surface area contributed by atoms with Crippen LogP contribution in [0.1, 0.15) is 50.8 Å². The molecule has 1 aliphatic heterocycles. The van der Waals surface area contributed by atoms with Crippen LogP contribution >= 0.6 is 35.1 Å². The summed E-state index contributed by atoms with van der Waals surface area (Å²) in [5, 5.41) is 13.9. The minimum atomic E-state index is -0.383. The maximum absolute atomic E-state index is 13.4. The minimum Gasteiger partial charge on any atom is -0.497 e. The molecule has 0 spiro atoms. The number of hydrogen-bond donors (Lipinski definition) is 0. The lowest BCUT2D eigenvalue weighted by Crippen LogP contribution is -2.11. The number of rotatable bonds is 4. The molecule has 0 saturated heterocycles. The molecule has 0 N–H and O–H groups in total. The van der Waals surface area contributed by atoms with Gasteiger partial charge in [-0.3, -0.25) is 9.36 Å². The number of carbonyl (C=O) groups excluding carboxylic acids is 1. The summed E-state index contributed by atoms with van der Waals surface area (Å²) in [6.07, 6.45) is 1.30. The lowest BCUT2D eigenvalue weighted by molar-refractivity contribution is 0.0589. The lowest BCUT2D eigenvalue weighted by atomic mass is 9.98. The van der Waals surface area contributed by atoms with Crippen molar-refractivity contribution in [2.24, 2.45) is 14.1 Å². The van der Waals surface area contributed by atoms with Crippen LogP contribution in [0.5, 0.6) is 11.5 Å². The smallest absolute Gasteiger partial charge is 0.354 e. The summed E-state index contributed by atoms with van der Waals surface area (Å²) in [5.41, 5.74) is 9.40. The van der Waals surface area contributed by atoms with Crippen LogP contribution in [0, 0.1) is 6.92 Å². The third kappa shape index (κ3) is 7.21. The molecule has 4 heterocycles. The highest BCUT2D eigenvalue weighted by atomic mass is 35.5. The van der Waals surface area contributed by atoms with Crippen LogP contribution < -0.4 is 9.47 Å². The first-order valence-corrected chi connectivity index (χ1v) is 20.7. The zero-order valence-electron chi connectivity index (χ0n) is 31.5. The fourth-order valence-corrected chi connectivity index (χ4v) is 9.63. The Balaban J connectivity index is 1.23. The van der Waals surface area contributed by atoms with E-state index in [9.17, 15) is 4.79 Å². The van der Waals surface area contributed by atoms with Crippen LogP contribution in [0.15, 0.2) is 83.8 Å². The van der Waals surface area contributed by atoms with Crippen molar-refractivity contribution in [3.05, 3.63) is 123 Å². The molecule has 0 fully saturated rings. The van der Waals surface area contributed by atoms with Gasteiger partial charge in [0.05, 0.1) is 49.3 Å². The zero-order valence-corrected chi connectivity index (χ0v) is 33.9. The second-order valence-electron chi connectivity index (χ2n) is 13.7. The number of halogens is 1. The van der Waals surface area contributed by atoms with Gasteiger partial charge in [-0.05, 0) is 72.7 Å². The van der Waals surface area contributed by atoms with E-state index in [2.05, 4.69) is 60.1 Å². The number of aryl methyl sites for hydroxylation is 3. The van der Waals surface area contributed by atoms with Crippen LogP contribution in [0.4, 0.5) is 0 Å². The number of hydrogen-bond acceptors (Lipinski definition) is 8. The van der Waals surface area contributed by atoms with Gasteiger partial charge in [0, 0.05) is 69.5 Å². The Labute approximate surface area is 333 Å². The van der Waals surface area contributed by atoms with Crippen molar-refractivity contribution in [2.45, 2.75) is 48.5 Å². The molecule has 0 saturated carbocycles. The van der Waals surface area contributed by atoms with Gasteiger partial charge in [-0.15, -0.1) is 23.5 Å². The number of thioether (sulfide) groups is 2. The Hall–Kier alpha value is -4.84. The van der Waals surface area contributed by atoms with E-state index >= 15 is 0 Å². The molecule has 4 aromatic carbocycles. The highest BCUT2D eigenvalue weighted by molar-refractivity contribution is 7.98. The number of fused-ring (bicyclic) bond motifs is 8. The fourth-order valence-electron chi connectivity index (χ4n) is 7.59. The maximum Gasteiger partial charge on any atom is 0.354 e. The Morgan fingerprint density at radius 1 is 0.927 bits per heavy atom. The van der Waals surface area contributed by atoms with Crippen molar-refractivity contribution in [3.8, 4) is 22.6 Å². The van der Waals surface area contributed by atoms with Gasteiger partial charge in [-0.1, -0.05) is 54.1 Å². The van der Waals surface area contributed by atoms with Gasteiger partial charge in [0.25, 0.3) is 0 Å². The van der Waals surface area contributed by atoms with Crippen molar-refractivity contribution in [2.75, 3.05) is 20.8 Å². The molecule has 282 valence electrons. The second kappa shape index (κ2) is 15.7. The topological polar surface area (TPSA) is 85.3 Å². The number of methoxy groups -OCH3 is 2. The third-order valence-electron chi connectivity index (χ3n) is 10.4. The first-order chi connectivity index (χ1) is 26.7. The van der Waals surface area contributed by atoms with Crippen molar-refractivity contribution in [1.29, 1.82) is 0 Å². The standard InChI is InChI=1S/C43H42ClN5O4S2/c1-26-39-37(46-48(26)3)25-54-23-29-20-30(49(45-29)22-27-12-14-31(51-4)15-13-27)24-55-32-19-28-9-6-7-10-33(28)38(21-32)53-18-8-11-34-35-16-17-36(44)40(39)41(35)47(2)42(34)43(50)52-5/h6-7,9-10,12-17,19-21H,8,11,18,22-25H2,1-5H3. The summed E-state index contributed by atoms with van der Waals surface area (Å²) in [5.74, 6) is 3.38. The highest BCUT2D eigenvalue weighted by Gasteiger charge is 2.28. The van der Waals surface area contributed by atoms with E-state index in [1.165, 1.54) is 7.11 Å². The van der Waals surface area contributed by atoms with Gasteiger partial charge < -0.3 is 18.8 Å².